The Hall–Kier alpha value is -1.02. The smallest absolute Gasteiger partial charge is 0.0555 e. The fourth-order valence-corrected chi connectivity index (χ4v) is 2.26. The highest BCUT2D eigenvalue weighted by molar-refractivity contribution is 5.59. The van der Waals surface area contributed by atoms with Gasteiger partial charge in [0.25, 0.3) is 0 Å². The summed E-state index contributed by atoms with van der Waals surface area (Å²) in [5.41, 5.74) is 6.29. The minimum atomic E-state index is 0.724. The highest BCUT2D eigenvalue weighted by Gasteiger charge is 2.32. The predicted octanol–water partition coefficient (Wildman–Crippen LogP) is 1.33. The number of rotatable bonds is 0. The fraction of sp³-hybridized carbons (Fsp3) is 0.400. The third-order valence-corrected chi connectivity index (χ3v) is 2.83. The van der Waals surface area contributed by atoms with E-state index >= 15 is 0 Å². The van der Waals surface area contributed by atoms with E-state index in [1.807, 2.05) is 0 Å². The van der Waals surface area contributed by atoms with Gasteiger partial charge in [0.15, 0.2) is 0 Å². The van der Waals surface area contributed by atoms with Crippen LogP contribution in [-0.4, -0.2) is 12.6 Å². The molecule has 62 valence electrons. The average Bonchev–Trinajstić information content (AvgIpc) is 2.62. The summed E-state index contributed by atoms with van der Waals surface area (Å²) in [6.45, 7) is 1.14. The molecule has 1 fully saturated rings. The first kappa shape index (κ1) is 6.49. The van der Waals surface area contributed by atoms with E-state index < -0.39 is 0 Å². The molecule has 0 aliphatic carbocycles. The van der Waals surface area contributed by atoms with E-state index in [4.69, 9.17) is 0 Å². The molecule has 1 aromatic rings. The summed E-state index contributed by atoms with van der Waals surface area (Å²) in [6.07, 6.45) is 2.51. The Morgan fingerprint density at radius 3 is 3.25 bits per heavy atom. The summed E-state index contributed by atoms with van der Waals surface area (Å²) < 4.78 is 0. The van der Waals surface area contributed by atoms with Gasteiger partial charge in [-0.3, -0.25) is 0 Å². The Bertz CT molecular complexity index is 308. The summed E-state index contributed by atoms with van der Waals surface area (Å²) in [6, 6.07) is 9.40. The Balaban J connectivity index is 2.09. The molecule has 0 aromatic heterocycles. The van der Waals surface area contributed by atoms with E-state index in [9.17, 15) is 0 Å². The lowest BCUT2D eigenvalue weighted by molar-refractivity contribution is 0.687. The summed E-state index contributed by atoms with van der Waals surface area (Å²) >= 11 is 0. The molecule has 0 spiro atoms. The third-order valence-electron chi connectivity index (χ3n) is 2.83. The molecular weight excluding hydrogens is 148 g/mol. The van der Waals surface area contributed by atoms with Gasteiger partial charge in [-0.25, -0.2) is 5.43 Å². The van der Waals surface area contributed by atoms with Crippen molar-refractivity contribution in [3.05, 3.63) is 29.8 Å². The van der Waals surface area contributed by atoms with Crippen LogP contribution in [0.4, 0.5) is 5.69 Å². The minimum absolute atomic E-state index is 0.724. The SMILES string of the molecule is c1ccc2c(c1)C[C@@H]1CCNN21. The molecule has 1 atom stereocenters. The van der Waals surface area contributed by atoms with Gasteiger partial charge in [0.1, 0.15) is 0 Å². The number of para-hydroxylation sites is 1. The Kier molecular flexibility index (Phi) is 1.21. The van der Waals surface area contributed by atoms with Crippen LogP contribution in [0.25, 0.3) is 0 Å². The highest BCUT2D eigenvalue weighted by atomic mass is 15.6. The number of anilines is 1. The summed E-state index contributed by atoms with van der Waals surface area (Å²) in [4.78, 5) is 0. The largest absolute Gasteiger partial charge is 0.305 e. The Morgan fingerprint density at radius 2 is 2.25 bits per heavy atom. The maximum absolute atomic E-state index is 3.41. The fourth-order valence-electron chi connectivity index (χ4n) is 2.26. The summed E-state index contributed by atoms with van der Waals surface area (Å²) in [7, 11) is 0. The lowest BCUT2D eigenvalue weighted by Gasteiger charge is -2.17. The average molecular weight is 160 g/mol. The Labute approximate surface area is 72.2 Å². The standard InChI is InChI=1S/C10H12N2/c1-2-4-10-8(3-1)7-9-5-6-11-12(9)10/h1-4,9,11H,5-7H2/t9-/m0/s1. The van der Waals surface area contributed by atoms with Crippen LogP contribution < -0.4 is 10.4 Å². The number of hydrazine groups is 1. The van der Waals surface area contributed by atoms with Gasteiger partial charge >= 0.3 is 0 Å². The quantitative estimate of drug-likeness (QED) is 0.616. The van der Waals surface area contributed by atoms with Gasteiger partial charge in [-0.05, 0) is 24.5 Å². The predicted molar refractivity (Wildman–Crippen MR) is 49.0 cm³/mol. The molecule has 0 bridgehead atoms. The van der Waals surface area contributed by atoms with Gasteiger partial charge in [0.2, 0.25) is 0 Å². The first-order valence-electron chi connectivity index (χ1n) is 4.56. The second-order valence-electron chi connectivity index (χ2n) is 3.55. The molecule has 2 nitrogen and oxygen atoms in total. The van der Waals surface area contributed by atoms with E-state index in [1.54, 1.807) is 0 Å². The van der Waals surface area contributed by atoms with Crippen LogP contribution in [0.3, 0.4) is 0 Å². The van der Waals surface area contributed by atoms with Gasteiger partial charge in [-0.15, -0.1) is 0 Å². The van der Waals surface area contributed by atoms with Crippen molar-refractivity contribution in [2.75, 3.05) is 11.6 Å². The van der Waals surface area contributed by atoms with Crippen LogP contribution >= 0.6 is 0 Å². The number of nitrogens with one attached hydrogen (secondary N) is 1. The zero-order valence-corrected chi connectivity index (χ0v) is 6.96. The molecule has 1 saturated heterocycles. The highest BCUT2D eigenvalue weighted by Crippen LogP contribution is 2.33. The van der Waals surface area contributed by atoms with Crippen molar-refractivity contribution in [2.24, 2.45) is 0 Å². The number of benzene rings is 1. The van der Waals surface area contributed by atoms with Gasteiger partial charge in [-0.1, -0.05) is 18.2 Å². The molecule has 0 unspecified atom stereocenters. The molecule has 0 saturated carbocycles. The van der Waals surface area contributed by atoms with Gasteiger partial charge in [-0.2, -0.15) is 0 Å². The second kappa shape index (κ2) is 2.23. The third kappa shape index (κ3) is 0.730. The van der Waals surface area contributed by atoms with Gasteiger partial charge in [0.05, 0.1) is 11.7 Å². The molecule has 2 aliphatic rings. The van der Waals surface area contributed by atoms with E-state index in [2.05, 4.69) is 34.7 Å². The van der Waals surface area contributed by atoms with Crippen molar-refractivity contribution >= 4 is 5.69 Å². The normalized spacial score (nSPS) is 25.7. The zero-order valence-electron chi connectivity index (χ0n) is 6.96. The van der Waals surface area contributed by atoms with Crippen LogP contribution in [0.1, 0.15) is 12.0 Å². The van der Waals surface area contributed by atoms with E-state index in [0.717, 1.165) is 12.6 Å². The van der Waals surface area contributed by atoms with Gasteiger partial charge in [0, 0.05) is 6.54 Å². The van der Waals surface area contributed by atoms with Gasteiger partial charge < -0.3 is 5.01 Å². The molecule has 12 heavy (non-hydrogen) atoms. The Morgan fingerprint density at radius 1 is 1.33 bits per heavy atom. The van der Waals surface area contributed by atoms with Crippen molar-refractivity contribution < 1.29 is 0 Å². The van der Waals surface area contributed by atoms with E-state index in [1.165, 1.54) is 24.1 Å². The van der Waals surface area contributed by atoms with Crippen molar-refractivity contribution in [2.45, 2.75) is 18.9 Å². The maximum atomic E-state index is 3.41. The molecule has 2 aliphatic heterocycles. The van der Waals surface area contributed by atoms with Crippen molar-refractivity contribution in [1.29, 1.82) is 0 Å². The molecule has 3 rings (SSSR count). The van der Waals surface area contributed by atoms with E-state index in [-0.39, 0.29) is 0 Å². The summed E-state index contributed by atoms with van der Waals surface area (Å²) in [5.74, 6) is 0. The lowest BCUT2D eigenvalue weighted by atomic mass is 10.1. The monoisotopic (exact) mass is 160 g/mol. The molecule has 2 heteroatoms. The molecule has 1 N–H and O–H groups in total. The zero-order chi connectivity index (χ0) is 7.97. The minimum Gasteiger partial charge on any atom is -0.305 e. The number of hydrogen-bond acceptors (Lipinski definition) is 2. The number of nitrogens with zero attached hydrogens (tertiary/aromatic N) is 1. The van der Waals surface area contributed by atoms with Crippen LogP contribution in [0.15, 0.2) is 24.3 Å². The van der Waals surface area contributed by atoms with Crippen LogP contribution in [-0.2, 0) is 6.42 Å². The van der Waals surface area contributed by atoms with Crippen molar-refractivity contribution in [3.8, 4) is 0 Å². The van der Waals surface area contributed by atoms with Crippen molar-refractivity contribution in [1.82, 2.24) is 5.43 Å². The molecule has 0 amide bonds. The summed E-state index contributed by atoms with van der Waals surface area (Å²) in [5, 5.41) is 2.33. The van der Waals surface area contributed by atoms with Crippen LogP contribution in [0.2, 0.25) is 0 Å². The van der Waals surface area contributed by atoms with Crippen LogP contribution in [0, 0.1) is 0 Å². The van der Waals surface area contributed by atoms with E-state index in [0.29, 0.717) is 0 Å². The first-order valence-corrected chi connectivity index (χ1v) is 4.56. The topological polar surface area (TPSA) is 15.3 Å². The molecule has 1 aromatic carbocycles. The molecule has 2 heterocycles. The lowest BCUT2D eigenvalue weighted by Crippen LogP contribution is -2.33. The number of fused-ring (bicyclic) bond motifs is 3. The van der Waals surface area contributed by atoms with Crippen molar-refractivity contribution in [3.63, 3.8) is 0 Å². The first-order chi connectivity index (χ1) is 5.95. The molecular formula is C10H12N2. The molecule has 0 radical (unpaired) electrons. The number of hydrogen-bond donors (Lipinski definition) is 1. The second-order valence-corrected chi connectivity index (χ2v) is 3.55. The van der Waals surface area contributed by atoms with Crippen LogP contribution in [0.5, 0.6) is 0 Å². The maximum Gasteiger partial charge on any atom is 0.0555 e.